The molecule has 2 fully saturated rings. The summed E-state index contributed by atoms with van der Waals surface area (Å²) in [5.41, 5.74) is 3.64. The lowest BCUT2D eigenvalue weighted by atomic mass is 9.80. The molecule has 1 spiro atoms. The van der Waals surface area contributed by atoms with E-state index in [2.05, 4.69) is 33.8 Å². The topological polar surface area (TPSA) is 67.0 Å². The zero-order valence-electron chi connectivity index (χ0n) is 20.0. The van der Waals surface area contributed by atoms with Crippen molar-refractivity contribution < 1.29 is 21.6 Å². The molecule has 190 valence electrons. The maximum atomic E-state index is 13.3. The lowest BCUT2D eigenvalue weighted by molar-refractivity contribution is -0.137. The molecule has 1 aliphatic heterocycles. The van der Waals surface area contributed by atoms with Crippen LogP contribution in [0.1, 0.15) is 33.7 Å². The van der Waals surface area contributed by atoms with Gasteiger partial charge in [0.1, 0.15) is 0 Å². The molecule has 1 saturated carbocycles. The average molecular weight is 517 g/mol. The van der Waals surface area contributed by atoms with Gasteiger partial charge >= 0.3 is 6.18 Å². The predicted octanol–water partition coefficient (Wildman–Crippen LogP) is 3.52. The van der Waals surface area contributed by atoms with Crippen molar-refractivity contribution in [2.45, 2.75) is 48.5 Å². The van der Waals surface area contributed by atoms with Crippen molar-refractivity contribution in [2.24, 2.45) is 12.5 Å². The Kier molecular flexibility index (Phi) is 5.20. The third-order valence-corrected chi connectivity index (χ3v) is 9.51. The first kappa shape index (κ1) is 23.7. The molecule has 3 unspecified atom stereocenters. The van der Waals surface area contributed by atoms with E-state index < -0.39 is 21.8 Å². The van der Waals surface area contributed by atoms with Gasteiger partial charge in [-0.3, -0.25) is 4.90 Å². The number of nitrogens with one attached hydrogen (secondary N) is 1. The van der Waals surface area contributed by atoms with Crippen LogP contribution in [-0.4, -0.2) is 48.5 Å². The van der Waals surface area contributed by atoms with Crippen molar-refractivity contribution >= 4 is 10.0 Å². The van der Waals surface area contributed by atoms with E-state index in [1.54, 1.807) is 17.7 Å². The van der Waals surface area contributed by atoms with Crippen molar-refractivity contribution in [3.05, 3.63) is 82.8 Å². The molecule has 3 atom stereocenters. The van der Waals surface area contributed by atoms with Gasteiger partial charge in [-0.05, 0) is 60.5 Å². The number of alkyl halides is 3. The van der Waals surface area contributed by atoms with Crippen molar-refractivity contribution in [1.29, 1.82) is 0 Å². The van der Waals surface area contributed by atoms with E-state index in [0.29, 0.717) is 30.5 Å². The average Bonchev–Trinajstić information content (AvgIpc) is 3.57. The predicted molar refractivity (Wildman–Crippen MR) is 128 cm³/mol. The van der Waals surface area contributed by atoms with Gasteiger partial charge in [-0.15, -0.1) is 0 Å². The maximum Gasteiger partial charge on any atom is 0.416 e. The van der Waals surface area contributed by atoms with Crippen molar-refractivity contribution in [1.82, 2.24) is 19.2 Å². The number of sulfonamides is 1. The molecular formula is C26H27F3N4O2S. The second kappa shape index (κ2) is 7.90. The Hall–Kier alpha value is -2.69. The Bertz CT molecular complexity index is 1440. The first-order chi connectivity index (χ1) is 17.0. The highest BCUT2D eigenvalue weighted by Gasteiger charge is 2.84. The third kappa shape index (κ3) is 3.77. The molecule has 6 rings (SSSR count). The summed E-state index contributed by atoms with van der Waals surface area (Å²) in [6.45, 7) is 0.231. The largest absolute Gasteiger partial charge is 0.416 e. The molecular weight excluding hydrogens is 489 g/mol. The fourth-order valence-electron chi connectivity index (χ4n) is 6.42. The summed E-state index contributed by atoms with van der Waals surface area (Å²) in [4.78, 5) is 6.24. The Morgan fingerprint density at radius 2 is 1.89 bits per heavy atom. The number of fused-ring (bicyclic) bond motifs is 4. The second-order valence-corrected chi connectivity index (χ2v) is 12.1. The number of hydrogen-bond acceptors (Lipinski definition) is 4. The van der Waals surface area contributed by atoms with Crippen LogP contribution >= 0.6 is 0 Å². The molecule has 0 bridgehead atoms. The molecule has 1 aromatic heterocycles. The van der Waals surface area contributed by atoms with E-state index >= 15 is 0 Å². The smallest absolute Gasteiger partial charge is 0.339 e. The van der Waals surface area contributed by atoms with Gasteiger partial charge in [-0.25, -0.2) is 18.1 Å². The molecule has 0 radical (unpaired) electrons. The number of hydrogen-bond donors (Lipinski definition) is 1. The molecule has 10 heteroatoms. The minimum atomic E-state index is -4.36. The number of rotatable bonds is 7. The van der Waals surface area contributed by atoms with Crippen LogP contribution in [0.25, 0.3) is 0 Å². The summed E-state index contributed by atoms with van der Waals surface area (Å²) in [5, 5.41) is -0.0147. The number of imidazole rings is 1. The summed E-state index contributed by atoms with van der Waals surface area (Å²) in [7, 11) is 0.126. The lowest BCUT2D eigenvalue weighted by Gasteiger charge is -2.29. The second-order valence-electron chi connectivity index (χ2n) is 10.4. The van der Waals surface area contributed by atoms with Crippen LogP contribution < -0.4 is 4.72 Å². The summed E-state index contributed by atoms with van der Waals surface area (Å²) >= 11 is 0. The molecule has 36 heavy (non-hydrogen) atoms. The monoisotopic (exact) mass is 516 g/mol. The van der Waals surface area contributed by atoms with Gasteiger partial charge in [0.05, 0.1) is 11.9 Å². The Morgan fingerprint density at radius 1 is 1.11 bits per heavy atom. The molecule has 0 amide bonds. The van der Waals surface area contributed by atoms with E-state index in [9.17, 15) is 21.6 Å². The number of likely N-dealkylation sites (N-methyl/N-ethyl adjacent to an activating group) is 1. The number of aryl methyl sites for hydroxylation is 1. The number of benzene rings is 2. The number of nitrogens with zero attached hydrogens (tertiary/aromatic N) is 3. The number of halogens is 3. The first-order valence-corrected chi connectivity index (χ1v) is 13.5. The SMILES string of the molecule is CN1C2C1C21Cc2ccc(CCNS(=O)(=O)c3cn(C)cn3)cc2C1Cc1cccc(C(F)(F)F)c1. The fraction of sp³-hybridized carbons (Fsp3) is 0.423. The highest BCUT2D eigenvalue weighted by molar-refractivity contribution is 7.89. The van der Waals surface area contributed by atoms with Crippen LogP contribution in [0.5, 0.6) is 0 Å². The summed E-state index contributed by atoms with van der Waals surface area (Å²) < 4.78 is 69.1. The van der Waals surface area contributed by atoms with Gasteiger partial charge in [0, 0.05) is 37.3 Å². The van der Waals surface area contributed by atoms with Gasteiger partial charge < -0.3 is 4.57 Å². The van der Waals surface area contributed by atoms with Gasteiger partial charge in [-0.1, -0.05) is 36.4 Å². The number of aromatic nitrogens is 2. The van der Waals surface area contributed by atoms with E-state index in [4.69, 9.17) is 0 Å². The van der Waals surface area contributed by atoms with Crippen LogP contribution in [0.15, 0.2) is 60.0 Å². The van der Waals surface area contributed by atoms with E-state index in [-0.39, 0.29) is 22.9 Å². The quantitative estimate of drug-likeness (QED) is 0.488. The maximum absolute atomic E-state index is 13.3. The lowest BCUT2D eigenvalue weighted by Crippen LogP contribution is -2.31. The number of likely N-dealkylation sites (tertiary alicyclic amines) is 1. The molecule has 1 saturated heterocycles. The van der Waals surface area contributed by atoms with Gasteiger partial charge in [0.25, 0.3) is 10.0 Å². The van der Waals surface area contributed by atoms with Crippen LogP contribution in [0.3, 0.4) is 0 Å². The first-order valence-electron chi connectivity index (χ1n) is 12.0. The van der Waals surface area contributed by atoms with Crippen LogP contribution in [0, 0.1) is 5.41 Å². The van der Waals surface area contributed by atoms with Crippen LogP contribution in [-0.2, 0) is 42.5 Å². The molecule has 2 aliphatic carbocycles. The molecule has 2 aromatic carbocycles. The van der Waals surface area contributed by atoms with Crippen molar-refractivity contribution in [3.8, 4) is 0 Å². The highest BCUT2D eigenvalue weighted by atomic mass is 32.2. The van der Waals surface area contributed by atoms with Crippen molar-refractivity contribution in [3.63, 3.8) is 0 Å². The Labute approximate surface area is 208 Å². The van der Waals surface area contributed by atoms with E-state index in [1.165, 1.54) is 35.8 Å². The normalized spacial score (nSPS) is 28.2. The molecule has 6 nitrogen and oxygen atoms in total. The summed E-state index contributed by atoms with van der Waals surface area (Å²) in [5.74, 6) is 0.146. The fourth-order valence-corrected chi connectivity index (χ4v) is 7.43. The summed E-state index contributed by atoms with van der Waals surface area (Å²) in [6, 6.07) is 12.9. The van der Waals surface area contributed by atoms with Crippen LogP contribution in [0.4, 0.5) is 13.2 Å². The highest BCUT2D eigenvalue weighted by Crippen LogP contribution is 2.76. The zero-order chi connectivity index (χ0) is 25.5. The minimum absolute atomic E-state index is 0.0147. The summed E-state index contributed by atoms with van der Waals surface area (Å²) in [6.07, 6.45) is 0.545. The standard InChI is InChI=1S/C26H27F3N4O2S/c1-32-14-22(30-15-32)36(34,35)31-9-8-16-6-7-18-13-25(23-24(25)33(23)2)21(20(18)11-16)12-17-4-3-5-19(10-17)26(27,28)29/h3-7,10-11,14-15,21,23-24,31H,8-9,12-13H2,1-2H3. The molecule has 2 heterocycles. The van der Waals surface area contributed by atoms with Crippen molar-refractivity contribution in [2.75, 3.05) is 13.6 Å². The van der Waals surface area contributed by atoms with Gasteiger partial charge in [0.15, 0.2) is 5.03 Å². The Balaban J connectivity index is 1.22. The molecule has 3 aromatic rings. The van der Waals surface area contributed by atoms with E-state index in [0.717, 1.165) is 18.1 Å². The zero-order valence-corrected chi connectivity index (χ0v) is 20.8. The molecule has 3 aliphatic rings. The van der Waals surface area contributed by atoms with E-state index in [1.807, 2.05) is 6.07 Å². The third-order valence-electron chi connectivity index (χ3n) is 8.17. The van der Waals surface area contributed by atoms with Crippen LogP contribution in [0.2, 0.25) is 0 Å². The Morgan fingerprint density at radius 3 is 2.56 bits per heavy atom. The van der Waals surface area contributed by atoms with Gasteiger partial charge in [-0.2, -0.15) is 13.2 Å². The minimum Gasteiger partial charge on any atom is -0.339 e. The van der Waals surface area contributed by atoms with Gasteiger partial charge in [0.2, 0.25) is 0 Å². The molecule has 1 N–H and O–H groups in total.